The minimum Gasteiger partial charge on any atom is -0.477 e. The van der Waals surface area contributed by atoms with Crippen molar-refractivity contribution in [2.24, 2.45) is 5.73 Å². The van der Waals surface area contributed by atoms with Gasteiger partial charge < -0.3 is 21.3 Å². The number of hydrogen-bond acceptors (Lipinski definition) is 5. The molecule has 1 aromatic heterocycles. The Labute approximate surface area is 90.9 Å². The largest absolute Gasteiger partial charge is 0.477 e. The first kappa shape index (κ1) is 11.9. The Morgan fingerprint density at radius 1 is 1.56 bits per heavy atom. The number of nitrogens with one attached hydrogen (secondary N) is 1. The van der Waals surface area contributed by atoms with Crippen molar-refractivity contribution in [3.8, 4) is 0 Å². The van der Waals surface area contributed by atoms with E-state index in [0.717, 1.165) is 0 Å². The first-order chi connectivity index (χ1) is 7.50. The Morgan fingerprint density at radius 2 is 2.25 bits per heavy atom. The molecule has 0 fully saturated rings. The number of rotatable bonds is 5. The number of aliphatic hydroxyl groups excluding tert-OH is 1. The Hall–Kier alpha value is -2.15. The molecule has 1 heterocycles. The Bertz CT molecular complexity index is 407. The lowest BCUT2D eigenvalue weighted by Gasteiger charge is -2.09. The summed E-state index contributed by atoms with van der Waals surface area (Å²) < 4.78 is 0. The predicted molar refractivity (Wildman–Crippen MR) is 54.9 cm³/mol. The number of primary amides is 1. The number of aliphatic hydroxyl groups is 1. The van der Waals surface area contributed by atoms with E-state index in [9.17, 15) is 9.59 Å². The number of aromatic carboxylic acids is 1. The van der Waals surface area contributed by atoms with E-state index < -0.39 is 18.0 Å². The van der Waals surface area contributed by atoms with E-state index in [-0.39, 0.29) is 12.2 Å². The molecule has 0 aliphatic rings. The fraction of sp³-hybridized carbons (Fsp3) is 0.222. The molecule has 1 atom stereocenters. The van der Waals surface area contributed by atoms with Crippen LogP contribution >= 0.6 is 0 Å². The lowest BCUT2D eigenvalue weighted by atomic mass is 10.3. The summed E-state index contributed by atoms with van der Waals surface area (Å²) >= 11 is 0. The van der Waals surface area contributed by atoms with Crippen LogP contribution in [0.3, 0.4) is 0 Å². The molecule has 5 N–H and O–H groups in total. The zero-order valence-electron chi connectivity index (χ0n) is 8.25. The summed E-state index contributed by atoms with van der Waals surface area (Å²) in [6.45, 7) is -0.0849. The number of amides is 1. The zero-order valence-corrected chi connectivity index (χ0v) is 8.25. The molecule has 0 aliphatic heterocycles. The number of anilines is 1. The van der Waals surface area contributed by atoms with Crippen molar-refractivity contribution >= 4 is 17.6 Å². The molecule has 1 rings (SSSR count). The maximum Gasteiger partial charge on any atom is 0.354 e. The average molecular weight is 225 g/mol. The van der Waals surface area contributed by atoms with Crippen LogP contribution in [0, 0.1) is 0 Å². The SMILES string of the molecule is NC(=O)C(O)CNc1ccnc(C(=O)O)c1. The van der Waals surface area contributed by atoms with Gasteiger partial charge in [-0.15, -0.1) is 0 Å². The number of nitrogens with zero attached hydrogens (tertiary/aromatic N) is 1. The molecule has 0 aliphatic carbocycles. The number of carboxylic acid groups (broad SMARTS) is 1. The summed E-state index contributed by atoms with van der Waals surface area (Å²) in [6, 6.07) is 2.80. The summed E-state index contributed by atoms with van der Waals surface area (Å²) in [5, 5.41) is 20.4. The molecule has 1 aromatic rings. The third kappa shape index (κ3) is 3.21. The van der Waals surface area contributed by atoms with Crippen LogP contribution in [-0.2, 0) is 4.79 Å². The van der Waals surface area contributed by atoms with Gasteiger partial charge in [-0.3, -0.25) is 4.79 Å². The second-order valence-electron chi connectivity index (χ2n) is 3.03. The highest BCUT2D eigenvalue weighted by atomic mass is 16.4. The molecule has 86 valence electrons. The number of carboxylic acids is 1. The van der Waals surface area contributed by atoms with Crippen LogP contribution in [0.1, 0.15) is 10.5 Å². The highest BCUT2D eigenvalue weighted by Gasteiger charge is 2.10. The highest BCUT2D eigenvalue weighted by molar-refractivity contribution is 5.86. The molecule has 0 aromatic carbocycles. The number of carbonyl (C=O) groups excluding carboxylic acids is 1. The molecular weight excluding hydrogens is 214 g/mol. The topological polar surface area (TPSA) is 126 Å². The van der Waals surface area contributed by atoms with E-state index in [2.05, 4.69) is 10.3 Å². The molecule has 7 nitrogen and oxygen atoms in total. The molecule has 0 saturated carbocycles. The Kier molecular flexibility index (Phi) is 3.78. The highest BCUT2D eigenvalue weighted by Crippen LogP contribution is 2.07. The van der Waals surface area contributed by atoms with Crippen LogP contribution in [0.15, 0.2) is 18.3 Å². The van der Waals surface area contributed by atoms with Gasteiger partial charge in [-0.25, -0.2) is 9.78 Å². The molecule has 0 saturated heterocycles. The number of hydrogen-bond donors (Lipinski definition) is 4. The van der Waals surface area contributed by atoms with E-state index >= 15 is 0 Å². The predicted octanol–water partition coefficient (Wildman–Crippen LogP) is -0.962. The van der Waals surface area contributed by atoms with Gasteiger partial charge in [0.05, 0.1) is 0 Å². The molecule has 0 radical (unpaired) electrons. The van der Waals surface area contributed by atoms with Crippen LogP contribution < -0.4 is 11.1 Å². The molecule has 0 spiro atoms. The second-order valence-corrected chi connectivity index (χ2v) is 3.03. The van der Waals surface area contributed by atoms with Crippen LogP contribution in [0.4, 0.5) is 5.69 Å². The van der Waals surface area contributed by atoms with Crippen LogP contribution in [0.2, 0.25) is 0 Å². The molecule has 1 unspecified atom stereocenters. The van der Waals surface area contributed by atoms with E-state index in [1.54, 1.807) is 0 Å². The fourth-order valence-corrected chi connectivity index (χ4v) is 0.973. The Balaban J connectivity index is 2.64. The maximum absolute atomic E-state index is 10.6. The first-order valence-electron chi connectivity index (χ1n) is 4.41. The smallest absolute Gasteiger partial charge is 0.354 e. The van der Waals surface area contributed by atoms with Crippen LogP contribution in [-0.4, -0.2) is 39.7 Å². The fourth-order valence-electron chi connectivity index (χ4n) is 0.973. The van der Waals surface area contributed by atoms with Crippen molar-refractivity contribution in [2.75, 3.05) is 11.9 Å². The standard InChI is InChI=1S/C9H11N3O4/c10-8(14)7(13)4-12-5-1-2-11-6(3-5)9(15)16/h1-3,7,13H,4H2,(H2,10,14)(H,11,12)(H,15,16). The molecule has 7 heteroatoms. The summed E-state index contributed by atoms with van der Waals surface area (Å²) in [4.78, 5) is 24.7. The lowest BCUT2D eigenvalue weighted by Crippen LogP contribution is -2.34. The van der Waals surface area contributed by atoms with Crippen molar-refractivity contribution in [3.63, 3.8) is 0 Å². The van der Waals surface area contributed by atoms with Crippen molar-refractivity contribution < 1.29 is 19.8 Å². The minimum atomic E-state index is -1.32. The average Bonchev–Trinajstić information content (AvgIpc) is 2.26. The van der Waals surface area contributed by atoms with Crippen LogP contribution in [0.25, 0.3) is 0 Å². The van der Waals surface area contributed by atoms with Gasteiger partial charge in [0, 0.05) is 18.4 Å². The quantitative estimate of drug-likeness (QED) is 0.511. The summed E-state index contributed by atoms with van der Waals surface area (Å²) in [7, 11) is 0. The normalized spacial score (nSPS) is 11.8. The van der Waals surface area contributed by atoms with Crippen molar-refractivity contribution in [2.45, 2.75) is 6.10 Å². The number of nitrogens with two attached hydrogens (primary N) is 1. The van der Waals surface area contributed by atoms with Gasteiger partial charge in [0.25, 0.3) is 0 Å². The van der Waals surface area contributed by atoms with Crippen molar-refractivity contribution in [1.82, 2.24) is 4.98 Å². The van der Waals surface area contributed by atoms with Gasteiger partial charge in [-0.05, 0) is 12.1 Å². The summed E-state index contributed by atoms with van der Waals surface area (Å²) in [5.41, 5.74) is 5.15. The number of carbonyl (C=O) groups is 2. The van der Waals surface area contributed by atoms with Gasteiger partial charge >= 0.3 is 5.97 Å². The van der Waals surface area contributed by atoms with E-state index in [1.165, 1.54) is 18.3 Å². The number of aromatic nitrogens is 1. The second kappa shape index (κ2) is 5.08. The van der Waals surface area contributed by atoms with Gasteiger partial charge in [0.15, 0.2) is 0 Å². The summed E-state index contributed by atoms with van der Waals surface area (Å²) in [6.07, 6.45) is -0.0101. The van der Waals surface area contributed by atoms with Crippen LogP contribution in [0.5, 0.6) is 0 Å². The van der Waals surface area contributed by atoms with Gasteiger partial charge in [-0.1, -0.05) is 0 Å². The molecule has 16 heavy (non-hydrogen) atoms. The summed E-state index contributed by atoms with van der Waals surface area (Å²) in [5.74, 6) is -2.00. The zero-order chi connectivity index (χ0) is 12.1. The van der Waals surface area contributed by atoms with Crippen molar-refractivity contribution in [1.29, 1.82) is 0 Å². The third-order valence-electron chi connectivity index (χ3n) is 1.81. The Morgan fingerprint density at radius 3 is 2.81 bits per heavy atom. The van der Waals surface area contributed by atoms with E-state index in [4.69, 9.17) is 15.9 Å². The van der Waals surface area contributed by atoms with Gasteiger partial charge in [-0.2, -0.15) is 0 Å². The van der Waals surface area contributed by atoms with Crippen molar-refractivity contribution in [3.05, 3.63) is 24.0 Å². The van der Waals surface area contributed by atoms with Gasteiger partial charge in [0.1, 0.15) is 11.8 Å². The maximum atomic E-state index is 10.6. The third-order valence-corrected chi connectivity index (χ3v) is 1.81. The van der Waals surface area contributed by atoms with E-state index in [1.807, 2.05) is 0 Å². The number of pyridine rings is 1. The first-order valence-corrected chi connectivity index (χ1v) is 4.41. The molecule has 1 amide bonds. The monoisotopic (exact) mass is 225 g/mol. The lowest BCUT2D eigenvalue weighted by molar-refractivity contribution is -0.125. The van der Waals surface area contributed by atoms with E-state index in [0.29, 0.717) is 5.69 Å². The molecule has 0 bridgehead atoms. The molecular formula is C9H11N3O4. The minimum absolute atomic E-state index is 0.0849. The van der Waals surface area contributed by atoms with Gasteiger partial charge in [0.2, 0.25) is 5.91 Å².